The Morgan fingerprint density at radius 2 is 1.76 bits per heavy atom. The maximum absolute atomic E-state index is 11.6. The lowest BCUT2D eigenvalue weighted by Gasteiger charge is -2.22. The molecule has 0 bridgehead atoms. The third kappa shape index (κ3) is 2.93. The molecule has 0 saturated heterocycles. The van der Waals surface area contributed by atoms with Gasteiger partial charge in [0, 0.05) is 18.1 Å². The lowest BCUT2D eigenvalue weighted by molar-refractivity contribution is -0.113. The van der Waals surface area contributed by atoms with Crippen LogP contribution in [-0.4, -0.2) is 18.7 Å². The minimum atomic E-state index is -0.460. The largest absolute Gasteiger partial charge is 0.496 e. The number of hydrogen-bond acceptors (Lipinski definition) is 3. The first-order valence-corrected chi connectivity index (χ1v) is 5.51. The molecule has 0 aromatic heterocycles. The normalized spacial score (nSPS) is 11.1. The molecule has 3 heteroatoms. The van der Waals surface area contributed by atoms with E-state index in [-0.39, 0.29) is 5.41 Å². The van der Waals surface area contributed by atoms with E-state index in [4.69, 9.17) is 4.74 Å². The average molecular weight is 234 g/mol. The van der Waals surface area contributed by atoms with Gasteiger partial charge in [0.2, 0.25) is 5.78 Å². The first-order chi connectivity index (χ1) is 7.77. The van der Waals surface area contributed by atoms with Gasteiger partial charge in [0.1, 0.15) is 5.75 Å². The SMILES string of the molecule is COc1ccc(C(=O)C(C)=O)cc1C(C)(C)C. The maximum Gasteiger partial charge on any atom is 0.228 e. The van der Waals surface area contributed by atoms with Crippen LogP contribution >= 0.6 is 0 Å². The van der Waals surface area contributed by atoms with E-state index in [0.717, 1.165) is 11.3 Å². The number of hydrogen-bond donors (Lipinski definition) is 0. The summed E-state index contributed by atoms with van der Waals surface area (Å²) in [6.45, 7) is 7.38. The fraction of sp³-hybridized carbons (Fsp3) is 0.429. The van der Waals surface area contributed by atoms with Gasteiger partial charge in [0.25, 0.3) is 0 Å². The number of rotatable bonds is 3. The van der Waals surface area contributed by atoms with Crippen molar-refractivity contribution in [1.29, 1.82) is 0 Å². The molecule has 0 heterocycles. The Hall–Kier alpha value is -1.64. The van der Waals surface area contributed by atoms with E-state index in [1.165, 1.54) is 6.92 Å². The summed E-state index contributed by atoms with van der Waals surface area (Å²) in [7, 11) is 1.59. The summed E-state index contributed by atoms with van der Waals surface area (Å²) in [5, 5.41) is 0. The Morgan fingerprint density at radius 3 is 2.18 bits per heavy atom. The Balaban J connectivity index is 3.32. The van der Waals surface area contributed by atoms with E-state index in [1.54, 1.807) is 25.3 Å². The number of carbonyl (C=O) groups excluding carboxylic acids is 2. The average Bonchev–Trinajstić information content (AvgIpc) is 2.25. The van der Waals surface area contributed by atoms with Crippen molar-refractivity contribution in [2.45, 2.75) is 33.1 Å². The molecule has 0 aliphatic carbocycles. The van der Waals surface area contributed by atoms with Crippen molar-refractivity contribution >= 4 is 11.6 Å². The molecule has 1 aromatic rings. The van der Waals surface area contributed by atoms with Crippen LogP contribution < -0.4 is 4.74 Å². The summed E-state index contributed by atoms with van der Waals surface area (Å²) in [5.74, 6) is -0.175. The van der Waals surface area contributed by atoms with E-state index in [0.29, 0.717) is 5.56 Å². The zero-order chi connectivity index (χ0) is 13.2. The lowest BCUT2D eigenvalue weighted by Crippen LogP contribution is -2.16. The summed E-state index contributed by atoms with van der Waals surface area (Å²) >= 11 is 0. The molecule has 0 aliphatic heterocycles. The smallest absolute Gasteiger partial charge is 0.228 e. The standard InChI is InChI=1S/C14H18O3/c1-9(15)13(16)10-6-7-12(17-5)11(8-10)14(2,3)4/h6-8H,1-5H3. The van der Waals surface area contributed by atoms with Gasteiger partial charge in [-0.2, -0.15) is 0 Å². The predicted octanol–water partition coefficient (Wildman–Crippen LogP) is 2.76. The highest BCUT2D eigenvalue weighted by atomic mass is 16.5. The molecule has 1 aromatic carbocycles. The van der Waals surface area contributed by atoms with Crippen molar-refractivity contribution in [2.75, 3.05) is 7.11 Å². The lowest BCUT2D eigenvalue weighted by atomic mass is 9.85. The summed E-state index contributed by atoms with van der Waals surface area (Å²) in [4.78, 5) is 22.7. The molecule has 0 radical (unpaired) electrons. The Bertz CT molecular complexity index is 453. The van der Waals surface area contributed by atoms with Crippen molar-refractivity contribution in [3.63, 3.8) is 0 Å². The summed E-state index contributed by atoms with van der Waals surface area (Å²) in [6.07, 6.45) is 0. The monoisotopic (exact) mass is 234 g/mol. The molecule has 92 valence electrons. The van der Waals surface area contributed by atoms with Gasteiger partial charge in [-0.3, -0.25) is 9.59 Å². The van der Waals surface area contributed by atoms with Crippen LogP contribution in [-0.2, 0) is 10.2 Å². The van der Waals surface area contributed by atoms with Gasteiger partial charge in [-0.1, -0.05) is 20.8 Å². The number of ketones is 2. The predicted molar refractivity (Wildman–Crippen MR) is 66.7 cm³/mol. The van der Waals surface area contributed by atoms with Gasteiger partial charge < -0.3 is 4.74 Å². The van der Waals surface area contributed by atoms with E-state index in [1.807, 2.05) is 20.8 Å². The van der Waals surface area contributed by atoms with E-state index >= 15 is 0 Å². The van der Waals surface area contributed by atoms with Gasteiger partial charge in [0.15, 0.2) is 5.78 Å². The first kappa shape index (κ1) is 13.4. The van der Waals surface area contributed by atoms with Gasteiger partial charge in [0.05, 0.1) is 7.11 Å². The van der Waals surface area contributed by atoms with Crippen molar-refractivity contribution in [3.05, 3.63) is 29.3 Å². The summed E-state index contributed by atoms with van der Waals surface area (Å²) in [6, 6.07) is 5.09. The quantitative estimate of drug-likeness (QED) is 0.596. The molecular weight excluding hydrogens is 216 g/mol. The zero-order valence-corrected chi connectivity index (χ0v) is 11.0. The van der Waals surface area contributed by atoms with Crippen LogP contribution in [0.5, 0.6) is 5.75 Å². The van der Waals surface area contributed by atoms with Crippen LogP contribution in [0.25, 0.3) is 0 Å². The van der Waals surface area contributed by atoms with E-state index in [2.05, 4.69) is 0 Å². The number of Topliss-reactive ketones (excluding diaryl/α,β-unsaturated/α-hetero) is 2. The van der Waals surface area contributed by atoms with Gasteiger partial charge in [-0.15, -0.1) is 0 Å². The summed E-state index contributed by atoms with van der Waals surface area (Å²) in [5.41, 5.74) is 1.20. The highest BCUT2D eigenvalue weighted by Gasteiger charge is 2.21. The zero-order valence-electron chi connectivity index (χ0n) is 11.0. The van der Waals surface area contributed by atoms with Gasteiger partial charge in [-0.25, -0.2) is 0 Å². The number of benzene rings is 1. The van der Waals surface area contributed by atoms with Crippen molar-refractivity contribution in [3.8, 4) is 5.75 Å². The third-order valence-electron chi connectivity index (χ3n) is 2.59. The Morgan fingerprint density at radius 1 is 1.18 bits per heavy atom. The second kappa shape index (κ2) is 4.70. The molecule has 0 spiro atoms. The minimum absolute atomic E-state index is 0.140. The Labute approximate surface area is 102 Å². The highest BCUT2D eigenvalue weighted by molar-refractivity contribution is 6.42. The highest BCUT2D eigenvalue weighted by Crippen LogP contribution is 2.32. The Kier molecular flexibility index (Phi) is 3.71. The fourth-order valence-electron chi connectivity index (χ4n) is 1.64. The molecule has 0 saturated carbocycles. The second-order valence-corrected chi connectivity index (χ2v) is 5.05. The van der Waals surface area contributed by atoms with Crippen LogP contribution in [0.3, 0.4) is 0 Å². The number of methoxy groups -OCH3 is 1. The molecule has 1 rings (SSSR count). The molecule has 0 unspecified atom stereocenters. The van der Waals surface area contributed by atoms with Crippen LogP contribution in [0.2, 0.25) is 0 Å². The summed E-state index contributed by atoms with van der Waals surface area (Å²) < 4.78 is 5.27. The van der Waals surface area contributed by atoms with Crippen molar-refractivity contribution in [2.24, 2.45) is 0 Å². The van der Waals surface area contributed by atoms with Gasteiger partial charge >= 0.3 is 0 Å². The molecule has 0 amide bonds. The van der Waals surface area contributed by atoms with Crippen LogP contribution in [0.4, 0.5) is 0 Å². The molecule has 17 heavy (non-hydrogen) atoms. The van der Waals surface area contributed by atoms with E-state index in [9.17, 15) is 9.59 Å². The maximum atomic E-state index is 11.6. The van der Waals surface area contributed by atoms with Gasteiger partial charge in [-0.05, 0) is 23.6 Å². The van der Waals surface area contributed by atoms with E-state index < -0.39 is 11.6 Å². The van der Waals surface area contributed by atoms with Crippen molar-refractivity contribution in [1.82, 2.24) is 0 Å². The molecule has 3 nitrogen and oxygen atoms in total. The van der Waals surface area contributed by atoms with Crippen LogP contribution in [0.1, 0.15) is 43.6 Å². The van der Waals surface area contributed by atoms with Crippen LogP contribution in [0, 0.1) is 0 Å². The molecule has 0 fully saturated rings. The third-order valence-corrected chi connectivity index (χ3v) is 2.59. The first-order valence-electron chi connectivity index (χ1n) is 5.51. The fourth-order valence-corrected chi connectivity index (χ4v) is 1.64. The molecule has 0 N–H and O–H groups in total. The van der Waals surface area contributed by atoms with Crippen molar-refractivity contribution < 1.29 is 14.3 Å². The molecule has 0 atom stereocenters. The number of carbonyl (C=O) groups is 2. The molecule has 0 aliphatic rings. The number of ether oxygens (including phenoxy) is 1. The van der Waals surface area contributed by atoms with Crippen LogP contribution in [0.15, 0.2) is 18.2 Å². The topological polar surface area (TPSA) is 43.4 Å². The minimum Gasteiger partial charge on any atom is -0.496 e. The molecular formula is C14H18O3. The second-order valence-electron chi connectivity index (χ2n) is 5.05.